The van der Waals surface area contributed by atoms with Crippen molar-refractivity contribution in [1.29, 1.82) is 0 Å². The third kappa shape index (κ3) is 1.94. The molecule has 1 rings (SSSR count). The van der Waals surface area contributed by atoms with E-state index in [0.717, 1.165) is 0 Å². The Morgan fingerprint density at radius 1 is 1.57 bits per heavy atom. The van der Waals surface area contributed by atoms with Crippen molar-refractivity contribution in [2.75, 3.05) is 13.1 Å². The van der Waals surface area contributed by atoms with E-state index >= 15 is 0 Å². The highest BCUT2D eigenvalue weighted by atomic mass is 16.2. The average Bonchev–Trinajstić information content (AvgIpc) is 2.13. The van der Waals surface area contributed by atoms with Crippen molar-refractivity contribution in [3.63, 3.8) is 0 Å². The average molecular weight is 194 g/mol. The molecule has 76 valence electrons. The van der Waals surface area contributed by atoms with Gasteiger partial charge in [-0.25, -0.2) is 0 Å². The van der Waals surface area contributed by atoms with Gasteiger partial charge in [0.1, 0.15) is 0 Å². The summed E-state index contributed by atoms with van der Waals surface area (Å²) in [7, 11) is 0. The van der Waals surface area contributed by atoms with Crippen LogP contribution in [0.1, 0.15) is 20.3 Å². The minimum Gasteiger partial charge on any atom is -0.295 e. The predicted molar refractivity (Wildman–Crippen MR) is 52.3 cm³/mol. The second kappa shape index (κ2) is 3.81. The number of terminal acetylenes is 1. The molecule has 4 heteroatoms. The summed E-state index contributed by atoms with van der Waals surface area (Å²) in [5, 5.41) is 2.87. The van der Waals surface area contributed by atoms with Crippen LogP contribution in [0.25, 0.3) is 0 Å². The maximum atomic E-state index is 11.7. The summed E-state index contributed by atoms with van der Waals surface area (Å²) in [4.78, 5) is 24.3. The molecule has 1 saturated heterocycles. The van der Waals surface area contributed by atoms with Crippen molar-refractivity contribution in [1.82, 2.24) is 10.2 Å². The molecule has 0 bridgehead atoms. The molecule has 0 radical (unpaired) electrons. The van der Waals surface area contributed by atoms with E-state index in [4.69, 9.17) is 6.42 Å². The van der Waals surface area contributed by atoms with Crippen molar-refractivity contribution in [2.24, 2.45) is 0 Å². The lowest BCUT2D eigenvalue weighted by molar-refractivity contribution is -0.152. The minimum atomic E-state index is -0.664. The van der Waals surface area contributed by atoms with E-state index < -0.39 is 5.54 Å². The molecule has 1 N–H and O–H groups in total. The minimum absolute atomic E-state index is 0.198. The Hall–Kier alpha value is -1.34. The van der Waals surface area contributed by atoms with E-state index in [1.54, 1.807) is 13.8 Å². The summed E-state index contributed by atoms with van der Waals surface area (Å²) in [6, 6.07) is 0. The highest BCUT2D eigenvalue weighted by molar-refractivity contribution is 6.03. The molecule has 0 aromatic heterocycles. The summed E-state index contributed by atoms with van der Waals surface area (Å²) < 4.78 is 0. The highest BCUT2D eigenvalue weighted by Gasteiger charge is 2.39. The zero-order valence-corrected chi connectivity index (χ0v) is 8.46. The smallest absolute Gasteiger partial charge is 0.248 e. The topological polar surface area (TPSA) is 49.4 Å². The first-order valence-electron chi connectivity index (χ1n) is 4.52. The van der Waals surface area contributed by atoms with Crippen LogP contribution in [0.5, 0.6) is 0 Å². The number of rotatable bonds is 2. The summed E-state index contributed by atoms with van der Waals surface area (Å²) >= 11 is 0. The van der Waals surface area contributed by atoms with Crippen LogP contribution in [0.4, 0.5) is 0 Å². The van der Waals surface area contributed by atoms with Crippen LogP contribution < -0.4 is 5.32 Å². The Morgan fingerprint density at radius 3 is 2.79 bits per heavy atom. The van der Waals surface area contributed by atoms with Gasteiger partial charge in [-0.1, -0.05) is 0 Å². The number of hydrogen-bond donors (Lipinski definition) is 1. The molecule has 0 unspecified atom stereocenters. The van der Waals surface area contributed by atoms with E-state index in [9.17, 15) is 9.59 Å². The van der Waals surface area contributed by atoms with Crippen molar-refractivity contribution in [3.05, 3.63) is 0 Å². The molecule has 1 aliphatic heterocycles. The summed E-state index contributed by atoms with van der Waals surface area (Å²) in [6.45, 7) is 4.03. The van der Waals surface area contributed by atoms with Gasteiger partial charge in [-0.15, -0.1) is 12.3 Å². The van der Waals surface area contributed by atoms with Crippen LogP contribution in [-0.4, -0.2) is 35.3 Å². The van der Waals surface area contributed by atoms with Crippen molar-refractivity contribution in [2.45, 2.75) is 25.8 Å². The summed E-state index contributed by atoms with van der Waals surface area (Å²) in [5.74, 6) is 2.01. The third-order valence-electron chi connectivity index (χ3n) is 2.24. The second-order valence-electron chi connectivity index (χ2n) is 3.78. The van der Waals surface area contributed by atoms with Gasteiger partial charge in [-0.05, 0) is 13.8 Å². The third-order valence-corrected chi connectivity index (χ3v) is 2.24. The number of carbonyl (C=O) groups excluding carboxylic acids is 2. The fraction of sp³-hybridized carbons (Fsp3) is 0.600. The largest absolute Gasteiger partial charge is 0.295 e. The number of hydrogen-bond acceptors (Lipinski definition) is 3. The maximum Gasteiger partial charge on any atom is 0.248 e. The first kappa shape index (κ1) is 10.7. The first-order valence-corrected chi connectivity index (χ1v) is 4.52. The summed E-state index contributed by atoms with van der Waals surface area (Å²) in [6.07, 6.45) is 5.50. The molecule has 1 heterocycles. The lowest BCUT2D eigenvalue weighted by Gasteiger charge is -2.36. The van der Waals surface area contributed by atoms with Crippen LogP contribution in [0.3, 0.4) is 0 Å². The van der Waals surface area contributed by atoms with Gasteiger partial charge in [-0.3, -0.25) is 19.8 Å². The molecule has 14 heavy (non-hydrogen) atoms. The molecule has 4 nitrogen and oxygen atoms in total. The Morgan fingerprint density at radius 2 is 2.21 bits per heavy atom. The van der Waals surface area contributed by atoms with E-state index in [1.807, 2.05) is 0 Å². The van der Waals surface area contributed by atoms with Crippen molar-refractivity contribution < 1.29 is 9.59 Å². The van der Waals surface area contributed by atoms with Crippen molar-refractivity contribution in [3.8, 4) is 12.3 Å². The van der Waals surface area contributed by atoms with Gasteiger partial charge in [0.2, 0.25) is 11.8 Å². The van der Waals surface area contributed by atoms with Gasteiger partial charge < -0.3 is 0 Å². The lowest BCUT2D eigenvalue weighted by Crippen LogP contribution is -2.63. The second-order valence-corrected chi connectivity index (χ2v) is 3.78. The number of piperazine rings is 1. The fourth-order valence-corrected chi connectivity index (χ4v) is 1.32. The number of amides is 2. The quantitative estimate of drug-likeness (QED) is 0.487. The molecule has 0 aromatic carbocycles. The lowest BCUT2D eigenvalue weighted by atomic mass is 10.0. The van der Waals surface area contributed by atoms with Crippen LogP contribution in [-0.2, 0) is 9.59 Å². The number of nitrogens with one attached hydrogen (secondary N) is 1. The van der Waals surface area contributed by atoms with Gasteiger partial charge >= 0.3 is 0 Å². The van der Waals surface area contributed by atoms with Crippen LogP contribution in [0.2, 0.25) is 0 Å². The first-order chi connectivity index (χ1) is 6.49. The molecular formula is C10H14N2O2. The van der Waals surface area contributed by atoms with Gasteiger partial charge in [0.05, 0.1) is 12.1 Å². The molecule has 0 aliphatic carbocycles. The van der Waals surface area contributed by atoms with Crippen LogP contribution >= 0.6 is 0 Å². The molecule has 0 atom stereocenters. The Bertz CT molecular complexity index is 302. The normalized spacial score (nSPS) is 20.8. The standard InChI is InChI=1S/C10H14N2O2/c1-4-5-6-12-8(13)7-11-10(2,3)9(12)14/h1,11H,5-7H2,2-3H3. The van der Waals surface area contributed by atoms with Gasteiger partial charge in [-0.2, -0.15) is 0 Å². The van der Waals surface area contributed by atoms with E-state index in [1.165, 1.54) is 4.90 Å². The van der Waals surface area contributed by atoms with Crippen molar-refractivity contribution >= 4 is 11.8 Å². The van der Waals surface area contributed by atoms with E-state index in [-0.39, 0.29) is 18.4 Å². The van der Waals surface area contributed by atoms with Crippen LogP contribution in [0, 0.1) is 12.3 Å². The monoisotopic (exact) mass is 194 g/mol. The van der Waals surface area contributed by atoms with Gasteiger partial charge in [0, 0.05) is 13.0 Å². The number of imide groups is 1. The molecule has 2 amide bonds. The molecule has 0 spiro atoms. The fourth-order valence-electron chi connectivity index (χ4n) is 1.32. The van der Waals surface area contributed by atoms with Gasteiger partial charge in [0.15, 0.2) is 0 Å². The molecular weight excluding hydrogens is 180 g/mol. The number of carbonyl (C=O) groups is 2. The molecule has 1 aliphatic rings. The SMILES string of the molecule is C#CCCN1C(=O)CNC(C)(C)C1=O. The highest BCUT2D eigenvalue weighted by Crippen LogP contribution is 2.13. The van der Waals surface area contributed by atoms with E-state index in [2.05, 4.69) is 11.2 Å². The Labute approximate surface area is 83.6 Å². The molecule has 1 fully saturated rings. The van der Waals surface area contributed by atoms with E-state index in [0.29, 0.717) is 13.0 Å². The predicted octanol–water partition coefficient (Wildman–Crippen LogP) is -0.253. The molecule has 0 aromatic rings. The zero-order chi connectivity index (χ0) is 10.8. The molecule has 0 saturated carbocycles. The number of nitrogens with zero attached hydrogens (tertiary/aromatic N) is 1. The Kier molecular flexibility index (Phi) is 2.92. The van der Waals surface area contributed by atoms with Gasteiger partial charge in [0.25, 0.3) is 0 Å². The van der Waals surface area contributed by atoms with Crippen LogP contribution in [0.15, 0.2) is 0 Å². The zero-order valence-electron chi connectivity index (χ0n) is 8.46. The maximum absolute atomic E-state index is 11.7. The Balaban J connectivity index is 2.75. The summed E-state index contributed by atoms with van der Waals surface area (Å²) in [5.41, 5.74) is -0.664.